The normalized spacial score (nSPS) is 15.7. The van der Waals surface area contributed by atoms with Crippen LogP contribution in [0.3, 0.4) is 0 Å². The highest BCUT2D eigenvalue weighted by Gasteiger charge is 2.41. The van der Waals surface area contributed by atoms with Crippen molar-refractivity contribution in [1.29, 1.82) is 10.5 Å². The Balaban J connectivity index is 1.69. The summed E-state index contributed by atoms with van der Waals surface area (Å²) >= 11 is 0. The minimum absolute atomic E-state index is 0.0580. The number of carboxylic acid groups (broad SMARTS) is 1. The fourth-order valence-electron chi connectivity index (χ4n) is 3.61. The lowest BCUT2D eigenvalue weighted by Crippen LogP contribution is -2.61. The van der Waals surface area contributed by atoms with Gasteiger partial charge in [0, 0.05) is 32.6 Å². The molecule has 1 atom stereocenters. The van der Waals surface area contributed by atoms with Gasteiger partial charge in [-0.2, -0.15) is 10.5 Å². The van der Waals surface area contributed by atoms with Crippen LogP contribution >= 0.6 is 0 Å². The summed E-state index contributed by atoms with van der Waals surface area (Å²) in [7, 11) is 0. The van der Waals surface area contributed by atoms with Crippen LogP contribution in [0.4, 0.5) is 4.79 Å². The van der Waals surface area contributed by atoms with Gasteiger partial charge in [0.05, 0.1) is 23.6 Å². The van der Waals surface area contributed by atoms with Gasteiger partial charge in [0.2, 0.25) is 5.91 Å². The van der Waals surface area contributed by atoms with E-state index in [2.05, 4.69) is 22.8 Å². The van der Waals surface area contributed by atoms with Crippen molar-refractivity contribution in [3.05, 3.63) is 59.7 Å². The Bertz CT molecular complexity index is 1030. The molecule has 1 fully saturated rings. The highest BCUT2D eigenvalue weighted by atomic mass is 16.5. The van der Waals surface area contributed by atoms with E-state index in [0.717, 1.165) is 16.7 Å². The van der Waals surface area contributed by atoms with Crippen molar-refractivity contribution < 1.29 is 19.4 Å². The van der Waals surface area contributed by atoms with Crippen molar-refractivity contribution in [1.82, 2.24) is 10.6 Å². The van der Waals surface area contributed by atoms with Crippen LogP contribution in [0.2, 0.25) is 0 Å². The van der Waals surface area contributed by atoms with E-state index < -0.39 is 23.5 Å². The number of ether oxygens (including phenoxy) is 1. The molecule has 8 heteroatoms. The summed E-state index contributed by atoms with van der Waals surface area (Å²) < 4.78 is 5.25. The maximum atomic E-state index is 12.8. The van der Waals surface area contributed by atoms with E-state index in [1.54, 1.807) is 12.1 Å². The first-order chi connectivity index (χ1) is 15.0. The summed E-state index contributed by atoms with van der Waals surface area (Å²) in [6.07, 6.45) is -0.803. The Morgan fingerprint density at radius 1 is 1.10 bits per heavy atom. The Morgan fingerprint density at radius 3 is 2.42 bits per heavy atom. The van der Waals surface area contributed by atoms with Crippen LogP contribution in [-0.4, -0.2) is 42.4 Å². The van der Waals surface area contributed by atoms with Gasteiger partial charge in [-0.1, -0.05) is 36.4 Å². The summed E-state index contributed by atoms with van der Waals surface area (Å²) in [4.78, 5) is 24.0. The molecule has 1 heterocycles. The second-order valence-electron chi connectivity index (χ2n) is 7.33. The summed E-state index contributed by atoms with van der Waals surface area (Å²) in [6.45, 7) is 0.621. The van der Waals surface area contributed by atoms with Crippen molar-refractivity contribution in [2.45, 2.75) is 24.3 Å². The molecule has 3 N–H and O–H groups in total. The number of nitriles is 2. The molecule has 0 spiro atoms. The number of hydrogen-bond acceptors (Lipinski definition) is 5. The molecule has 0 bridgehead atoms. The van der Waals surface area contributed by atoms with Crippen molar-refractivity contribution >= 4 is 12.0 Å². The number of benzene rings is 2. The smallest absolute Gasteiger partial charge is 0.405 e. The van der Waals surface area contributed by atoms with Gasteiger partial charge >= 0.3 is 6.09 Å². The SMILES string of the molecule is N#Cc1cccc(-c2ccc(C(C#N)CNC(=O)C3(NC(=O)O)CCOCC3)cc2)c1. The van der Waals surface area contributed by atoms with Crippen molar-refractivity contribution in [3.63, 3.8) is 0 Å². The molecule has 1 saturated heterocycles. The topological polar surface area (TPSA) is 135 Å². The first kappa shape index (κ1) is 21.8. The second-order valence-corrected chi connectivity index (χ2v) is 7.33. The first-order valence-corrected chi connectivity index (χ1v) is 9.85. The molecule has 0 aromatic heterocycles. The maximum absolute atomic E-state index is 12.8. The van der Waals surface area contributed by atoms with Crippen LogP contribution in [0.25, 0.3) is 11.1 Å². The summed E-state index contributed by atoms with van der Waals surface area (Å²) in [5.74, 6) is -1.05. The molecule has 1 unspecified atom stereocenters. The van der Waals surface area contributed by atoms with Gasteiger partial charge in [-0.05, 0) is 28.8 Å². The van der Waals surface area contributed by atoms with E-state index in [4.69, 9.17) is 15.1 Å². The molecule has 2 amide bonds. The van der Waals surface area contributed by atoms with Crippen molar-refractivity contribution in [3.8, 4) is 23.3 Å². The van der Waals surface area contributed by atoms with Crippen LogP contribution in [0.5, 0.6) is 0 Å². The molecule has 158 valence electrons. The summed E-state index contributed by atoms with van der Waals surface area (Å²) in [5.41, 5.74) is 1.85. The highest BCUT2D eigenvalue weighted by molar-refractivity contribution is 5.89. The molecular weight excluding hydrogens is 396 g/mol. The van der Waals surface area contributed by atoms with Gasteiger partial charge in [-0.25, -0.2) is 4.79 Å². The van der Waals surface area contributed by atoms with Crippen LogP contribution < -0.4 is 10.6 Å². The van der Waals surface area contributed by atoms with E-state index in [1.165, 1.54) is 0 Å². The van der Waals surface area contributed by atoms with Crippen LogP contribution in [0, 0.1) is 22.7 Å². The van der Waals surface area contributed by atoms with Gasteiger partial charge in [0.15, 0.2) is 0 Å². The molecular formula is C23H22N4O4. The zero-order chi connectivity index (χ0) is 22.3. The third-order valence-corrected chi connectivity index (χ3v) is 5.39. The molecule has 0 aliphatic carbocycles. The predicted molar refractivity (Wildman–Crippen MR) is 112 cm³/mol. The van der Waals surface area contributed by atoms with Crippen molar-refractivity contribution in [2.75, 3.05) is 19.8 Å². The Hall–Kier alpha value is -3.88. The third kappa shape index (κ3) is 5.19. The third-order valence-electron chi connectivity index (χ3n) is 5.39. The van der Waals surface area contributed by atoms with Crippen LogP contribution in [-0.2, 0) is 9.53 Å². The zero-order valence-electron chi connectivity index (χ0n) is 16.8. The molecule has 1 aliphatic rings. The monoisotopic (exact) mass is 418 g/mol. The maximum Gasteiger partial charge on any atom is 0.405 e. The standard InChI is InChI=1S/C23H22N4O4/c24-13-16-2-1-3-19(12-16)17-4-6-18(7-5-17)20(14-25)15-26-21(28)23(27-22(29)30)8-10-31-11-9-23/h1-7,12,20,27H,8-11,15H2,(H,26,28)(H,29,30). The first-order valence-electron chi connectivity index (χ1n) is 9.85. The fraction of sp³-hybridized carbons (Fsp3) is 0.304. The summed E-state index contributed by atoms with van der Waals surface area (Å²) in [6, 6.07) is 18.9. The van der Waals surface area contributed by atoms with Gasteiger partial charge < -0.3 is 20.5 Å². The van der Waals surface area contributed by atoms with Gasteiger partial charge in [0.1, 0.15) is 5.54 Å². The lowest BCUT2D eigenvalue weighted by Gasteiger charge is -2.35. The summed E-state index contributed by atoms with van der Waals surface area (Å²) in [5, 5.41) is 32.9. The Labute approximate surface area is 180 Å². The minimum atomic E-state index is -1.27. The van der Waals surface area contributed by atoms with Gasteiger partial charge in [-0.3, -0.25) is 4.79 Å². The largest absolute Gasteiger partial charge is 0.465 e. The quantitative estimate of drug-likeness (QED) is 0.660. The minimum Gasteiger partial charge on any atom is -0.465 e. The van der Waals surface area contributed by atoms with E-state index >= 15 is 0 Å². The van der Waals surface area contributed by atoms with Crippen LogP contribution in [0.1, 0.15) is 29.9 Å². The average molecular weight is 418 g/mol. The lowest BCUT2D eigenvalue weighted by molar-refractivity contribution is -0.131. The number of nitrogens with zero attached hydrogens (tertiary/aromatic N) is 2. The molecule has 1 aliphatic heterocycles. The predicted octanol–water partition coefficient (Wildman–Crippen LogP) is 2.77. The molecule has 31 heavy (non-hydrogen) atoms. The Morgan fingerprint density at radius 2 is 1.81 bits per heavy atom. The van der Waals surface area contributed by atoms with E-state index in [9.17, 15) is 14.9 Å². The molecule has 3 rings (SSSR count). The molecule has 0 saturated carbocycles. The lowest BCUT2D eigenvalue weighted by atomic mass is 9.88. The van der Waals surface area contributed by atoms with E-state index in [1.807, 2.05) is 36.4 Å². The molecule has 2 aromatic carbocycles. The number of amides is 2. The number of hydrogen-bond donors (Lipinski definition) is 3. The molecule has 0 radical (unpaired) electrons. The number of carbonyl (C=O) groups is 2. The van der Waals surface area contributed by atoms with Gasteiger partial charge in [-0.15, -0.1) is 0 Å². The zero-order valence-corrected chi connectivity index (χ0v) is 16.8. The van der Waals surface area contributed by atoms with Crippen molar-refractivity contribution in [2.24, 2.45) is 0 Å². The van der Waals surface area contributed by atoms with E-state index in [0.29, 0.717) is 5.56 Å². The fourth-order valence-corrected chi connectivity index (χ4v) is 3.61. The molecule has 8 nitrogen and oxygen atoms in total. The van der Waals surface area contributed by atoms with Gasteiger partial charge in [0.25, 0.3) is 0 Å². The average Bonchev–Trinajstić information content (AvgIpc) is 2.80. The highest BCUT2D eigenvalue weighted by Crippen LogP contribution is 2.25. The Kier molecular flexibility index (Phi) is 6.86. The van der Waals surface area contributed by atoms with E-state index in [-0.39, 0.29) is 32.6 Å². The second kappa shape index (κ2) is 9.75. The number of nitrogens with one attached hydrogen (secondary N) is 2. The number of rotatable bonds is 6. The number of carbonyl (C=O) groups excluding carboxylic acids is 1. The molecule has 2 aromatic rings. The van der Waals surface area contributed by atoms with Crippen LogP contribution in [0.15, 0.2) is 48.5 Å².